The molecule has 0 spiro atoms. The number of esters is 2. The third-order valence-electron chi connectivity index (χ3n) is 5.28. The Bertz CT molecular complexity index is 1080. The molecule has 2 rings (SSSR count). The summed E-state index contributed by atoms with van der Waals surface area (Å²) >= 11 is 0. The number of aliphatic imine (C=N–C) groups is 1. The highest BCUT2D eigenvalue weighted by atomic mass is 19.1. The molecule has 0 bridgehead atoms. The summed E-state index contributed by atoms with van der Waals surface area (Å²) in [4.78, 5) is 40.9. The summed E-state index contributed by atoms with van der Waals surface area (Å²) < 4.78 is 25.7. The molecule has 1 aliphatic heterocycles. The molecule has 8 nitrogen and oxygen atoms in total. The van der Waals surface area contributed by atoms with Crippen LogP contribution in [-0.2, 0) is 38.3 Å². The van der Waals surface area contributed by atoms with Crippen molar-refractivity contribution in [1.29, 1.82) is 0 Å². The van der Waals surface area contributed by atoms with Gasteiger partial charge in [0.25, 0.3) is 5.56 Å². The molecule has 0 saturated heterocycles. The first kappa shape index (κ1) is 25.2. The van der Waals surface area contributed by atoms with Gasteiger partial charge in [-0.25, -0.2) is 9.18 Å². The Balaban J connectivity index is 2.47. The van der Waals surface area contributed by atoms with E-state index >= 15 is 0 Å². The number of allylic oxidation sites excluding steroid dienone is 4. The lowest BCUT2D eigenvalue weighted by Crippen LogP contribution is -2.44. The Labute approximate surface area is 186 Å². The first-order chi connectivity index (χ1) is 15.0. The van der Waals surface area contributed by atoms with E-state index < -0.39 is 28.9 Å². The topological polar surface area (TPSA) is 107 Å². The van der Waals surface area contributed by atoms with Crippen molar-refractivity contribution in [1.82, 2.24) is 4.57 Å². The molecule has 0 fully saturated rings. The number of nitrogens with zero attached hydrogens (tertiary/aromatic N) is 2. The third-order valence-corrected chi connectivity index (χ3v) is 5.28. The molecular weight excluding hydrogens is 419 g/mol. The molecule has 1 aromatic rings. The number of carbonyl (C=O) groups excluding carboxylic acids is 2. The minimum atomic E-state index is -1.92. The van der Waals surface area contributed by atoms with Crippen LogP contribution in [0.1, 0.15) is 70.7 Å². The first-order valence-electron chi connectivity index (χ1n) is 10.4. The fraction of sp³-hybridized carbons (Fsp3) is 0.478. The standard InChI is InChI=1S/C23H29FN2O6/c1-7-9-20(27)32-15(5)18(24)10-13(3)25-14(4)19-11-17-16(21(28)26(19)6)12-31-22(29)23(17,30)8-2/h10-11,30H,7-9,12H2,1-6H3/b13-10+,18-15-,25-14?/t23-/m0/s1. The molecule has 1 N–H and O–H groups in total. The number of halogens is 1. The van der Waals surface area contributed by atoms with E-state index in [0.717, 1.165) is 6.08 Å². The van der Waals surface area contributed by atoms with Crippen LogP contribution in [0.2, 0.25) is 0 Å². The molecule has 0 radical (unpaired) electrons. The van der Waals surface area contributed by atoms with Crippen LogP contribution in [0.15, 0.2) is 39.2 Å². The molecule has 174 valence electrons. The van der Waals surface area contributed by atoms with Crippen molar-refractivity contribution in [2.24, 2.45) is 12.0 Å². The Morgan fingerprint density at radius 2 is 2.00 bits per heavy atom. The number of pyridine rings is 1. The zero-order valence-corrected chi connectivity index (χ0v) is 19.2. The van der Waals surface area contributed by atoms with Crippen LogP contribution in [0.5, 0.6) is 0 Å². The van der Waals surface area contributed by atoms with Gasteiger partial charge in [-0.15, -0.1) is 0 Å². The maximum Gasteiger partial charge on any atom is 0.343 e. The molecule has 32 heavy (non-hydrogen) atoms. The molecule has 0 unspecified atom stereocenters. The van der Waals surface area contributed by atoms with Crippen LogP contribution < -0.4 is 5.56 Å². The third kappa shape index (κ3) is 5.04. The van der Waals surface area contributed by atoms with Crippen molar-refractivity contribution in [2.45, 2.75) is 66.1 Å². The summed E-state index contributed by atoms with van der Waals surface area (Å²) in [6.45, 7) is 7.75. The second-order valence-corrected chi connectivity index (χ2v) is 7.69. The maximum atomic E-state index is 14.4. The van der Waals surface area contributed by atoms with E-state index in [2.05, 4.69) is 4.99 Å². The Hall–Kier alpha value is -3.07. The van der Waals surface area contributed by atoms with Gasteiger partial charge >= 0.3 is 11.9 Å². The summed E-state index contributed by atoms with van der Waals surface area (Å²) in [5, 5.41) is 10.8. The van der Waals surface area contributed by atoms with Crippen molar-refractivity contribution < 1.29 is 28.6 Å². The summed E-state index contributed by atoms with van der Waals surface area (Å²) in [7, 11) is 1.54. The van der Waals surface area contributed by atoms with E-state index in [9.17, 15) is 23.9 Å². The number of hydrogen-bond acceptors (Lipinski definition) is 7. The number of rotatable bonds is 7. The minimum Gasteiger partial charge on any atom is -0.458 e. The van der Waals surface area contributed by atoms with Crippen LogP contribution in [-0.4, -0.2) is 27.3 Å². The van der Waals surface area contributed by atoms with Gasteiger partial charge in [-0.05, 0) is 45.8 Å². The molecule has 1 aromatic heterocycles. The average molecular weight is 448 g/mol. The van der Waals surface area contributed by atoms with Crippen molar-refractivity contribution in [3.63, 3.8) is 0 Å². The van der Waals surface area contributed by atoms with E-state index in [1.807, 2.05) is 6.92 Å². The number of aliphatic hydroxyl groups is 1. The fourth-order valence-electron chi connectivity index (χ4n) is 3.42. The summed E-state index contributed by atoms with van der Waals surface area (Å²) in [6.07, 6.45) is 1.94. The van der Waals surface area contributed by atoms with Gasteiger partial charge in [0.15, 0.2) is 11.4 Å². The number of ether oxygens (including phenoxy) is 2. The molecular formula is C23H29FN2O6. The second-order valence-electron chi connectivity index (χ2n) is 7.69. The zero-order chi connectivity index (χ0) is 24.2. The SMILES string of the molecule is CCCC(=O)O/C(C)=C(F)/C=C(\C)N=C(C)c1cc2c(c(=O)n1C)COC(=O)[C@]2(O)CC. The van der Waals surface area contributed by atoms with E-state index in [4.69, 9.17) is 9.47 Å². The highest BCUT2D eigenvalue weighted by Crippen LogP contribution is 2.33. The molecule has 0 amide bonds. The van der Waals surface area contributed by atoms with Gasteiger partial charge in [-0.3, -0.25) is 14.6 Å². The normalized spacial score (nSPS) is 19.8. The summed E-state index contributed by atoms with van der Waals surface area (Å²) in [5.41, 5.74) is -0.950. The quantitative estimate of drug-likeness (QED) is 0.297. The number of aromatic nitrogens is 1. The van der Waals surface area contributed by atoms with Crippen LogP contribution in [0.25, 0.3) is 0 Å². The number of fused-ring (bicyclic) bond motifs is 1. The van der Waals surface area contributed by atoms with Crippen LogP contribution in [0.3, 0.4) is 0 Å². The van der Waals surface area contributed by atoms with Crippen molar-refractivity contribution in [2.75, 3.05) is 0 Å². The van der Waals surface area contributed by atoms with Gasteiger partial charge < -0.3 is 19.1 Å². The number of carbonyl (C=O) groups is 2. The van der Waals surface area contributed by atoms with Crippen molar-refractivity contribution in [3.05, 3.63) is 56.6 Å². The van der Waals surface area contributed by atoms with Crippen LogP contribution in [0.4, 0.5) is 4.39 Å². The van der Waals surface area contributed by atoms with E-state index in [1.165, 1.54) is 24.6 Å². The number of hydrogen-bond donors (Lipinski definition) is 1. The Morgan fingerprint density at radius 3 is 2.59 bits per heavy atom. The van der Waals surface area contributed by atoms with Gasteiger partial charge in [0.1, 0.15) is 12.4 Å². The van der Waals surface area contributed by atoms with E-state index in [1.54, 1.807) is 20.8 Å². The molecule has 2 heterocycles. The lowest BCUT2D eigenvalue weighted by atomic mass is 9.86. The maximum absolute atomic E-state index is 14.4. The van der Waals surface area contributed by atoms with Crippen molar-refractivity contribution in [3.8, 4) is 0 Å². The largest absolute Gasteiger partial charge is 0.458 e. The smallest absolute Gasteiger partial charge is 0.343 e. The summed E-state index contributed by atoms with van der Waals surface area (Å²) in [5.74, 6) is -2.23. The van der Waals surface area contributed by atoms with Crippen LogP contribution in [0, 0.1) is 0 Å². The van der Waals surface area contributed by atoms with Gasteiger partial charge in [-0.1, -0.05) is 13.8 Å². The molecule has 1 aliphatic rings. The van der Waals surface area contributed by atoms with E-state index in [-0.39, 0.29) is 42.0 Å². The molecule has 0 saturated carbocycles. The van der Waals surface area contributed by atoms with Crippen molar-refractivity contribution >= 4 is 17.7 Å². The molecule has 0 aliphatic carbocycles. The molecule has 1 atom stereocenters. The highest BCUT2D eigenvalue weighted by molar-refractivity contribution is 5.98. The highest BCUT2D eigenvalue weighted by Gasteiger charge is 2.44. The lowest BCUT2D eigenvalue weighted by Gasteiger charge is -2.32. The fourth-order valence-corrected chi connectivity index (χ4v) is 3.42. The molecule has 9 heteroatoms. The van der Waals surface area contributed by atoms with Gasteiger partial charge in [0.2, 0.25) is 0 Å². The Kier molecular flexibility index (Phi) is 7.90. The monoisotopic (exact) mass is 448 g/mol. The molecule has 0 aromatic carbocycles. The number of cyclic esters (lactones) is 1. The van der Waals surface area contributed by atoms with Gasteiger partial charge in [0, 0.05) is 24.7 Å². The lowest BCUT2D eigenvalue weighted by molar-refractivity contribution is -0.172. The van der Waals surface area contributed by atoms with Gasteiger partial charge in [-0.2, -0.15) is 0 Å². The predicted molar refractivity (Wildman–Crippen MR) is 116 cm³/mol. The Morgan fingerprint density at radius 1 is 1.34 bits per heavy atom. The van der Waals surface area contributed by atoms with Crippen LogP contribution >= 0.6 is 0 Å². The predicted octanol–water partition coefficient (Wildman–Crippen LogP) is 3.30. The first-order valence-corrected chi connectivity index (χ1v) is 10.4. The second kappa shape index (κ2) is 10.0. The van der Waals surface area contributed by atoms with Gasteiger partial charge in [0.05, 0.1) is 17.0 Å². The zero-order valence-electron chi connectivity index (χ0n) is 19.2. The summed E-state index contributed by atoms with van der Waals surface area (Å²) in [6, 6.07) is 1.54. The van der Waals surface area contributed by atoms with E-state index in [0.29, 0.717) is 17.8 Å². The minimum absolute atomic E-state index is 0.0343. The average Bonchev–Trinajstić information content (AvgIpc) is 2.72.